The van der Waals surface area contributed by atoms with Crippen LogP contribution in [0.5, 0.6) is 0 Å². The maximum atomic E-state index is 11.5. The van der Waals surface area contributed by atoms with E-state index in [0.717, 1.165) is 38.9 Å². The second-order valence-corrected chi connectivity index (χ2v) is 5.78. The number of carbonyl (C=O) groups excluding carboxylic acids is 1. The molecule has 0 atom stereocenters. The van der Waals surface area contributed by atoms with E-state index < -0.39 is 0 Å². The standard InChI is InChI=1S/C16H32N2O/c1-3-5-6-7-10-17-12-14-18(15-13-17)11-9-16(19)8-4-2/h3-15H2,1-2H3. The lowest BCUT2D eigenvalue weighted by molar-refractivity contribution is -0.119. The molecule has 1 saturated heterocycles. The molecule has 3 nitrogen and oxygen atoms in total. The van der Waals surface area contributed by atoms with Gasteiger partial charge in [-0.25, -0.2) is 0 Å². The van der Waals surface area contributed by atoms with Gasteiger partial charge in [-0.15, -0.1) is 0 Å². The summed E-state index contributed by atoms with van der Waals surface area (Å²) >= 11 is 0. The first kappa shape index (κ1) is 16.6. The van der Waals surface area contributed by atoms with Gasteiger partial charge in [0.2, 0.25) is 0 Å². The van der Waals surface area contributed by atoms with Crippen molar-refractivity contribution in [3.05, 3.63) is 0 Å². The van der Waals surface area contributed by atoms with Crippen molar-refractivity contribution in [2.24, 2.45) is 0 Å². The summed E-state index contributed by atoms with van der Waals surface area (Å²) in [6.45, 7) is 11.3. The Morgan fingerprint density at radius 3 is 2.00 bits per heavy atom. The van der Waals surface area contributed by atoms with Crippen LogP contribution in [0, 0.1) is 0 Å². The van der Waals surface area contributed by atoms with Crippen molar-refractivity contribution in [2.75, 3.05) is 39.3 Å². The molecular formula is C16H32N2O. The van der Waals surface area contributed by atoms with Crippen LogP contribution < -0.4 is 0 Å². The highest BCUT2D eigenvalue weighted by molar-refractivity contribution is 5.78. The second kappa shape index (κ2) is 10.4. The maximum Gasteiger partial charge on any atom is 0.134 e. The first-order valence-corrected chi connectivity index (χ1v) is 8.22. The average Bonchev–Trinajstić information content (AvgIpc) is 2.43. The lowest BCUT2D eigenvalue weighted by atomic mass is 10.1. The third-order valence-corrected chi connectivity index (χ3v) is 4.03. The van der Waals surface area contributed by atoms with Crippen LogP contribution in [0.1, 0.15) is 58.8 Å². The third-order valence-electron chi connectivity index (χ3n) is 4.03. The molecule has 0 N–H and O–H groups in total. The molecule has 1 aliphatic rings. The quantitative estimate of drug-likeness (QED) is 0.569. The van der Waals surface area contributed by atoms with Crippen molar-refractivity contribution >= 4 is 5.78 Å². The van der Waals surface area contributed by atoms with Gasteiger partial charge in [-0.1, -0.05) is 33.1 Å². The zero-order chi connectivity index (χ0) is 13.9. The Labute approximate surface area is 119 Å². The highest BCUT2D eigenvalue weighted by Crippen LogP contribution is 2.07. The molecule has 1 heterocycles. The van der Waals surface area contributed by atoms with E-state index in [1.807, 2.05) is 0 Å². The lowest BCUT2D eigenvalue weighted by Crippen LogP contribution is -2.47. The number of Topliss-reactive ketones (excluding diaryl/α,β-unsaturated/α-hetero) is 1. The van der Waals surface area contributed by atoms with Gasteiger partial charge in [0.1, 0.15) is 5.78 Å². The Morgan fingerprint density at radius 1 is 0.789 bits per heavy atom. The molecule has 0 aromatic heterocycles. The van der Waals surface area contributed by atoms with Gasteiger partial charge >= 0.3 is 0 Å². The zero-order valence-corrected chi connectivity index (χ0v) is 13.0. The van der Waals surface area contributed by atoms with E-state index in [1.165, 1.54) is 45.3 Å². The number of hydrogen-bond acceptors (Lipinski definition) is 3. The molecule has 0 aromatic carbocycles. The summed E-state index contributed by atoms with van der Waals surface area (Å²) in [7, 11) is 0. The number of piperazine rings is 1. The number of unbranched alkanes of at least 4 members (excludes halogenated alkanes) is 3. The van der Waals surface area contributed by atoms with Gasteiger partial charge < -0.3 is 9.80 Å². The zero-order valence-electron chi connectivity index (χ0n) is 13.0. The van der Waals surface area contributed by atoms with Crippen LogP contribution in [0.2, 0.25) is 0 Å². The number of carbonyl (C=O) groups is 1. The van der Waals surface area contributed by atoms with Gasteiger partial charge in [0.25, 0.3) is 0 Å². The number of ketones is 1. The number of hydrogen-bond donors (Lipinski definition) is 0. The van der Waals surface area contributed by atoms with Crippen LogP contribution in [0.3, 0.4) is 0 Å². The molecule has 0 saturated carbocycles. The number of nitrogens with zero attached hydrogens (tertiary/aromatic N) is 2. The highest BCUT2D eigenvalue weighted by Gasteiger charge is 2.16. The minimum atomic E-state index is 0.435. The van der Waals surface area contributed by atoms with Gasteiger partial charge in [-0.2, -0.15) is 0 Å². The van der Waals surface area contributed by atoms with Crippen molar-refractivity contribution in [1.82, 2.24) is 9.80 Å². The molecule has 0 unspecified atom stereocenters. The fourth-order valence-electron chi connectivity index (χ4n) is 2.69. The van der Waals surface area contributed by atoms with Gasteiger partial charge in [0.15, 0.2) is 0 Å². The van der Waals surface area contributed by atoms with Crippen LogP contribution in [0.4, 0.5) is 0 Å². The van der Waals surface area contributed by atoms with Crippen molar-refractivity contribution in [3.8, 4) is 0 Å². The summed E-state index contributed by atoms with van der Waals surface area (Å²) < 4.78 is 0. The average molecular weight is 268 g/mol. The molecule has 1 aliphatic heterocycles. The fourth-order valence-corrected chi connectivity index (χ4v) is 2.69. The topological polar surface area (TPSA) is 23.6 Å². The van der Waals surface area contributed by atoms with Crippen molar-refractivity contribution in [3.63, 3.8) is 0 Å². The molecule has 0 aromatic rings. The Hall–Kier alpha value is -0.410. The van der Waals surface area contributed by atoms with E-state index in [-0.39, 0.29) is 0 Å². The minimum Gasteiger partial charge on any atom is -0.301 e. The predicted octanol–water partition coefficient (Wildman–Crippen LogP) is 2.94. The Balaban J connectivity index is 2.03. The maximum absolute atomic E-state index is 11.5. The SMILES string of the molecule is CCCCCCN1CCN(CCC(=O)CCC)CC1. The smallest absolute Gasteiger partial charge is 0.134 e. The fraction of sp³-hybridized carbons (Fsp3) is 0.938. The van der Waals surface area contributed by atoms with Crippen molar-refractivity contribution in [2.45, 2.75) is 58.8 Å². The largest absolute Gasteiger partial charge is 0.301 e. The Kier molecular flexibility index (Phi) is 9.10. The molecule has 19 heavy (non-hydrogen) atoms. The van der Waals surface area contributed by atoms with E-state index >= 15 is 0 Å². The van der Waals surface area contributed by atoms with Crippen LogP contribution in [0.25, 0.3) is 0 Å². The predicted molar refractivity (Wildman–Crippen MR) is 81.6 cm³/mol. The van der Waals surface area contributed by atoms with Gasteiger partial charge in [0, 0.05) is 45.6 Å². The summed E-state index contributed by atoms with van der Waals surface area (Å²) in [6, 6.07) is 0. The molecule has 0 aliphatic carbocycles. The van der Waals surface area contributed by atoms with Crippen LogP contribution in [-0.2, 0) is 4.79 Å². The van der Waals surface area contributed by atoms with Gasteiger partial charge in [0.05, 0.1) is 0 Å². The molecule has 1 fully saturated rings. The van der Waals surface area contributed by atoms with Crippen LogP contribution >= 0.6 is 0 Å². The van der Waals surface area contributed by atoms with Crippen molar-refractivity contribution < 1.29 is 4.79 Å². The van der Waals surface area contributed by atoms with E-state index in [0.29, 0.717) is 5.78 Å². The van der Waals surface area contributed by atoms with E-state index in [2.05, 4.69) is 23.6 Å². The van der Waals surface area contributed by atoms with Crippen LogP contribution in [-0.4, -0.2) is 54.9 Å². The Morgan fingerprint density at radius 2 is 1.42 bits per heavy atom. The molecule has 112 valence electrons. The molecule has 0 bridgehead atoms. The number of rotatable bonds is 10. The Bertz CT molecular complexity index is 235. The summed E-state index contributed by atoms with van der Waals surface area (Å²) in [6.07, 6.45) is 7.93. The van der Waals surface area contributed by atoms with E-state index in [4.69, 9.17) is 0 Å². The monoisotopic (exact) mass is 268 g/mol. The summed E-state index contributed by atoms with van der Waals surface area (Å²) in [4.78, 5) is 16.6. The van der Waals surface area contributed by atoms with E-state index in [9.17, 15) is 4.79 Å². The normalized spacial score (nSPS) is 17.8. The molecule has 0 radical (unpaired) electrons. The van der Waals surface area contributed by atoms with Gasteiger partial charge in [-0.3, -0.25) is 4.79 Å². The third kappa shape index (κ3) is 7.68. The summed E-state index contributed by atoms with van der Waals surface area (Å²) in [5, 5.41) is 0. The molecule has 3 heteroatoms. The first-order chi connectivity index (χ1) is 9.26. The van der Waals surface area contributed by atoms with Gasteiger partial charge in [-0.05, 0) is 19.4 Å². The molecule has 0 amide bonds. The second-order valence-electron chi connectivity index (χ2n) is 5.78. The van der Waals surface area contributed by atoms with E-state index in [1.54, 1.807) is 0 Å². The summed E-state index contributed by atoms with van der Waals surface area (Å²) in [5.74, 6) is 0.435. The van der Waals surface area contributed by atoms with Crippen molar-refractivity contribution in [1.29, 1.82) is 0 Å². The summed E-state index contributed by atoms with van der Waals surface area (Å²) in [5.41, 5.74) is 0. The lowest BCUT2D eigenvalue weighted by Gasteiger charge is -2.34. The minimum absolute atomic E-state index is 0.435. The first-order valence-electron chi connectivity index (χ1n) is 8.22. The molecular weight excluding hydrogens is 236 g/mol. The highest BCUT2D eigenvalue weighted by atomic mass is 16.1. The van der Waals surface area contributed by atoms with Crippen LogP contribution in [0.15, 0.2) is 0 Å². The molecule has 1 rings (SSSR count). The molecule has 0 spiro atoms.